The van der Waals surface area contributed by atoms with Gasteiger partial charge in [0, 0.05) is 12.4 Å². The Labute approximate surface area is 149 Å². The van der Waals surface area contributed by atoms with E-state index in [2.05, 4.69) is 25.5 Å². The number of aromatic nitrogens is 6. The highest BCUT2D eigenvalue weighted by Crippen LogP contribution is 2.20. The number of rotatable bonds is 5. The third-order valence-corrected chi connectivity index (χ3v) is 3.82. The summed E-state index contributed by atoms with van der Waals surface area (Å²) in [6.07, 6.45) is 8.00. The molecule has 3 heterocycles. The van der Waals surface area contributed by atoms with E-state index in [9.17, 15) is 4.79 Å². The fourth-order valence-electron chi connectivity index (χ4n) is 2.63. The number of benzene rings is 1. The number of nitrogens with zero attached hydrogens (tertiary/aromatic N) is 6. The molecule has 0 bridgehead atoms. The summed E-state index contributed by atoms with van der Waals surface area (Å²) in [6.45, 7) is 0. The SMILES string of the molecule is O=C(Nc1ccc(-n2cncn2)nc1)C(c1ccccc1)n1cccn1. The minimum atomic E-state index is -0.568. The first-order valence-electron chi connectivity index (χ1n) is 7.97. The molecule has 0 aliphatic rings. The van der Waals surface area contributed by atoms with E-state index < -0.39 is 6.04 Å². The quantitative estimate of drug-likeness (QED) is 0.598. The second-order valence-electron chi connectivity index (χ2n) is 5.53. The van der Waals surface area contributed by atoms with Crippen LogP contribution in [-0.2, 0) is 4.79 Å². The van der Waals surface area contributed by atoms with Crippen LogP contribution in [0.2, 0.25) is 0 Å². The smallest absolute Gasteiger partial charge is 0.253 e. The van der Waals surface area contributed by atoms with E-state index in [4.69, 9.17) is 0 Å². The van der Waals surface area contributed by atoms with Crippen LogP contribution in [0, 0.1) is 0 Å². The van der Waals surface area contributed by atoms with Gasteiger partial charge in [-0.3, -0.25) is 9.48 Å². The van der Waals surface area contributed by atoms with E-state index in [1.807, 2.05) is 30.3 Å². The third kappa shape index (κ3) is 3.20. The van der Waals surface area contributed by atoms with Crippen LogP contribution in [0.3, 0.4) is 0 Å². The van der Waals surface area contributed by atoms with Crippen LogP contribution in [-0.4, -0.2) is 35.4 Å². The number of amides is 1. The molecule has 0 spiro atoms. The minimum Gasteiger partial charge on any atom is -0.323 e. The average Bonchev–Trinajstić information content (AvgIpc) is 3.38. The van der Waals surface area contributed by atoms with Crippen molar-refractivity contribution in [3.8, 4) is 5.82 Å². The predicted molar refractivity (Wildman–Crippen MR) is 94.6 cm³/mol. The van der Waals surface area contributed by atoms with Gasteiger partial charge in [-0.25, -0.2) is 14.6 Å². The Kier molecular flexibility index (Phi) is 4.21. The summed E-state index contributed by atoms with van der Waals surface area (Å²) < 4.78 is 3.17. The fourth-order valence-corrected chi connectivity index (χ4v) is 2.63. The lowest BCUT2D eigenvalue weighted by Gasteiger charge is -2.18. The minimum absolute atomic E-state index is 0.199. The molecule has 4 rings (SSSR count). The number of carbonyl (C=O) groups excluding carboxylic acids is 1. The number of hydrogen-bond acceptors (Lipinski definition) is 5. The first-order valence-corrected chi connectivity index (χ1v) is 7.97. The maximum atomic E-state index is 12.9. The molecule has 3 aromatic heterocycles. The highest BCUT2D eigenvalue weighted by atomic mass is 16.2. The van der Waals surface area contributed by atoms with Crippen molar-refractivity contribution >= 4 is 11.6 Å². The molecule has 128 valence electrons. The standard InChI is InChI=1S/C18H15N7O/c26-18(17(24-10-4-9-21-24)14-5-2-1-3-6-14)23-15-7-8-16(20-11-15)25-13-19-12-22-25/h1-13,17H,(H,23,26). The highest BCUT2D eigenvalue weighted by Gasteiger charge is 2.23. The van der Waals surface area contributed by atoms with Gasteiger partial charge in [-0.05, 0) is 23.8 Å². The number of hydrogen-bond donors (Lipinski definition) is 1. The summed E-state index contributed by atoms with van der Waals surface area (Å²) >= 11 is 0. The summed E-state index contributed by atoms with van der Waals surface area (Å²) in [6, 6.07) is 14.3. The molecular weight excluding hydrogens is 330 g/mol. The molecule has 0 aliphatic heterocycles. The fraction of sp³-hybridized carbons (Fsp3) is 0.0556. The van der Waals surface area contributed by atoms with E-state index in [0.717, 1.165) is 5.56 Å². The van der Waals surface area contributed by atoms with E-state index in [0.29, 0.717) is 11.5 Å². The molecule has 1 unspecified atom stereocenters. The van der Waals surface area contributed by atoms with Crippen molar-refractivity contribution in [1.82, 2.24) is 29.5 Å². The second kappa shape index (κ2) is 6.98. The first kappa shape index (κ1) is 15.7. The maximum Gasteiger partial charge on any atom is 0.253 e. The Morgan fingerprint density at radius 3 is 2.58 bits per heavy atom. The molecule has 0 radical (unpaired) electrons. The lowest BCUT2D eigenvalue weighted by atomic mass is 10.1. The monoisotopic (exact) mass is 345 g/mol. The van der Waals surface area contributed by atoms with Crippen LogP contribution >= 0.6 is 0 Å². The summed E-state index contributed by atoms with van der Waals surface area (Å²) in [5, 5.41) is 11.1. The van der Waals surface area contributed by atoms with Crippen molar-refractivity contribution in [1.29, 1.82) is 0 Å². The second-order valence-corrected chi connectivity index (χ2v) is 5.53. The van der Waals surface area contributed by atoms with Crippen LogP contribution in [0.5, 0.6) is 0 Å². The molecule has 0 saturated heterocycles. The van der Waals surface area contributed by atoms with Crippen LogP contribution in [0.1, 0.15) is 11.6 Å². The molecule has 0 fully saturated rings. The average molecular weight is 345 g/mol. The Balaban J connectivity index is 1.57. The third-order valence-electron chi connectivity index (χ3n) is 3.82. The summed E-state index contributed by atoms with van der Waals surface area (Å²) in [4.78, 5) is 21.1. The number of nitrogens with one attached hydrogen (secondary N) is 1. The molecule has 4 aromatic rings. The van der Waals surface area contributed by atoms with Crippen LogP contribution < -0.4 is 5.32 Å². The zero-order valence-corrected chi connectivity index (χ0v) is 13.7. The van der Waals surface area contributed by atoms with Gasteiger partial charge in [0.05, 0.1) is 11.9 Å². The molecule has 1 N–H and O–H groups in total. The molecular formula is C18H15N7O. The normalized spacial score (nSPS) is 11.8. The molecule has 1 aromatic carbocycles. The van der Waals surface area contributed by atoms with Crippen LogP contribution in [0.4, 0.5) is 5.69 Å². The van der Waals surface area contributed by atoms with Crippen molar-refractivity contribution in [2.75, 3.05) is 5.32 Å². The van der Waals surface area contributed by atoms with Crippen molar-refractivity contribution in [3.05, 3.63) is 85.3 Å². The van der Waals surface area contributed by atoms with Crippen LogP contribution in [0.25, 0.3) is 5.82 Å². The van der Waals surface area contributed by atoms with Crippen molar-refractivity contribution in [2.45, 2.75) is 6.04 Å². The van der Waals surface area contributed by atoms with Gasteiger partial charge >= 0.3 is 0 Å². The van der Waals surface area contributed by atoms with Gasteiger partial charge in [0.2, 0.25) is 0 Å². The largest absolute Gasteiger partial charge is 0.323 e. The van der Waals surface area contributed by atoms with Crippen molar-refractivity contribution < 1.29 is 4.79 Å². The van der Waals surface area contributed by atoms with Gasteiger partial charge in [0.1, 0.15) is 12.7 Å². The highest BCUT2D eigenvalue weighted by molar-refractivity contribution is 5.95. The Hall–Kier alpha value is -3.81. The topological polar surface area (TPSA) is 90.5 Å². The van der Waals surface area contributed by atoms with Crippen molar-refractivity contribution in [2.24, 2.45) is 0 Å². The van der Waals surface area contributed by atoms with Gasteiger partial charge in [-0.15, -0.1) is 0 Å². The van der Waals surface area contributed by atoms with Crippen LogP contribution in [0.15, 0.2) is 79.8 Å². The van der Waals surface area contributed by atoms with Gasteiger partial charge in [-0.2, -0.15) is 10.2 Å². The Morgan fingerprint density at radius 1 is 1.04 bits per heavy atom. The Morgan fingerprint density at radius 2 is 1.92 bits per heavy atom. The molecule has 0 aliphatic carbocycles. The molecule has 8 heteroatoms. The molecule has 0 saturated carbocycles. The van der Waals surface area contributed by atoms with Gasteiger partial charge in [-0.1, -0.05) is 30.3 Å². The lowest BCUT2D eigenvalue weighted by Crippen LogP contribution is -2.27. The first-order chi connectivity index (χ1) is 12.8. The van der Waals surface area contributed by atoms with Gasteiger partial charge < -0.3 is 5.32 Å². The van der Waals surface area contributed by atoms with E-state index in [-0.39, 0.29) is 5.91 Å². The predicted octanol–water partition coefficient (Wildman–Crippen LogP) is 2.09. The van der Waals surface area contributed by atoms with E-state index in [1.54, 1.807) is 52.5 Å². The maximum absolute atomic E-state index is 12.9. The number of carbonyl (C=O) groups is 1. The van der Waals surface area contributed by atoms with E-state index in [1.165, 1.54) is 6.33 Å². The van der Waals surface area contributed by atoms with E-state index >= 15 is 0 Å². The molecule has 26 heavy (non-hydrogen) atoms. The van der Waals surface area contributed by atoms with Crippen molar-refractivity contribution in [3.63, 3.8) is 0 Å². The summed E-state index contributed by atoms with van der Waals surface area (Å²) in [7, 11) is 0. The van der Waals surface area contributed by atoms with Gasteiger partial charge in [0.25, 0.3) is 5.91 Å². The summed E-state index contributed by atoms with van der Waals surface area (Å²) in [5.74, 6) is 0.419. The zero-order valence-electron chi connectivity index (χ0n) is 13.7. The number of anilines is 1. The molecule has 8 nitrogen and oxygen atoms in total. The lowest BCUT2D eigenvalue weighted by molar-refractivity contribution is -0.118. The van der Waals surface area contributed by atoms with Gasteiger partial charge in [0.15, 0.2) is 11.9 Å². The number of pyridine rings is 1. The molecule has 1 amide bonds. The zero-order chi connectivity index (χ0) is 17.8. The Bertz CT molecular complexity index is 964. The molecule has 1 atom stereocenters. The summed E-state index contributed by atoms with van der Waals surface area (Å²) in [5.41, 5.74) is 1.44.